The Morgan fingerprint density at radius 2 is 2.03 bits per heavy atom. The van der Waals surface area contributed by atoms with Gasteiger partial charge in [0.25, 0.3) is 5.91 Å². The lowest BCUT2D eigenvalue weighted by molar-refractivity contribution is 0.0682. The minimum absolute atomic E-state index is 0.00681. The highest BCUT2D eigenvalue weighted by Gasteiger charge is 2.26. The Morgan fingerprint density at radius 3 is 2.75 bits per heavy atom. The zero-order chi connectivity index (χ0) is 22.8. The van der Waals surface area contributed by atoms with E-state index in [-0.39, 0.29) is 23.2 Å². The fraction of sp³-hybridized carbons (Fsp3) is 0.500. The first-order valence-electron chi connectivity index (χ1n) is 11.4. The van der Waals surface area contributed by atoms with Crippen LogP contribution in [0.4, 0.5) is 11.5 Å². The van der Waals surface area contributed by atoms with E-state index in [1.807, 2.05) is 29.7 Å². The van der Waals surface area contributed by atoms with Crippen molar-refractivity contribution < 1.29 is 14.3 Å². The third-order valence-corrected chi connectivity index (χ3v) is 6.04. The third kappa shape index (κ3) is 4.40. The molecule has 1 N–H and O–H groups in total. The maximum absolute atomic E-state index is 13.0. The number of amides is 1. The van der Waals surface area contributed by atoms with E-state index in [9.17, 15) is 9.59 Å². The lowest BCUT2D eigenvalue weighted by Crippen LogP contribution is -2.39. The van der Waals surface area contributed by atoms with Gasteiger partial charge in [0.1, 0.15) is 5.49 Å². The van der Waals surface area contributed by atoms with Crippen LogP contribution in [0.2, 0.25) is 0 Å². The highest BCUT2D eigenvalue weighted by Crippen LogP contribution is 2.34. The molecule has 0 bridgehead atoms. The van der Waals surface area contributed by atoms with Gasteiger partial charge < -0.3 is 14.5 Å². The van der Waals surface area contributed by atoms with Gasteiger partial charge in [-0.25, -0.2) is 4.98 Å². The Kier molecular flexibility index (Phi) is 6.30. The Balaban J connectivity index is 1.64. The molecule has 170 valence electrons. The van der Waals surface area contributed by atoms with Crippen LogP contribution in [0.5, 0.6) is 5.75 Å². The van der Waals surface area contributed by atoms with Crippen molar-refractivity contribution in [2.75, 3.05) is 31.1 Å². The summed E-state index contributed by atoms with van der Waals surface area (Å²) in [6.07, 6.45) is 6.22. The summed E-state index contributed by atoms with van der Waals surface area (Å²) in [5, 5.41) is 8.33. The number of aromatic nitrogens is 2. The molecule has 0 radical (unpaired) electrons. The SMILES string of the molecule is CC(C)C(=O)n1ccc(N2CCCOc3cc(C(=O)N4CCC[C@@H](C)C4)cnc32)cc1=N. The van der Waals surface area contributed by atoms with Crippen molar-refractivity contribution in [3.63, 3.8) is 0 Å². The van der Waals surface area contributed by atoms with E-state index in [0.717, 1.165) is 38.0 Å². The zero-order valence-corrected chi connectivity index (χ0v) is 19.0. The molecule has 8 heteroatoms. The summed E-state index contributed by atoms with van der Waals surface area (Å²) < 4.78 is 7.30. The van der Waals surface area contributed by atoms with Gasteiger partial charge in [-0.1, -0.05) is 20.8 Å². The Labute approximate surface area is 188 Å². The highest BCUT2D eigenvalue weighted by atomic mass is 16.5. The van der Waals surface area contributed by atoms with Gasteiger partial charge in [0.2, 0.25) is 5.91 Å². The van der Waals surface area contributed by atoms with E-state index in [2.05, 4.69) is 11.9 Å². The van der Waals surface area contributed by atoms with Gasteiger partial charge in [-0.3, -0.25) is 19.6 Å². The number of ether oxygens (including phenoxy) is 1. The number of nitrogens with zero attached hydrogens (tertiary/aromatic N) is 4. The van der Waals surface area contributed by atoms with Gasteiger partial charge >= 0.3 is 0 Å². The van der Waals surface area contributed by atoms with E-state index < -0.39 is 0 Å². The summed E-state index contributed by atoms with van der Waals surface area (Å²) in [6.45, 7) is 8.55. The standard InChI is InChI=1S/C24H31N5O3/c1-16(2)23(30)29-10-7-19(13-21(29)25)28-9-5-11-32-20-12-18(14-26-22(20)28)24(31)27-8-4-6-17(3)15-27/h7,10,12-14,16-17,25H,4-6,8-9,11,15H2,1-3H3/t17-/m1/s1. The number of piperidine rings is 1. The Bertz CT molecular complexity index is 1080. The van der Waals surface area contributed by atoms with Crippen molar-refractivity contribution in [1.29, 1.82) is 5.41 Å². The summed E-state index contributed by atoms with van der Waals surface area (Å²) in [7, 11) is 0. The number of hydrogen-bond donors (Lipinski definition) is 1. The molecular weight excluding hydrogens is 406 g/mol. The molecule has 0 spiro atoms. The maximum Gasteiger partial charge on any atom is 0.255 e. The van der Waals surface area contributed by atoms with E-state index >= 15 is 0 Å². The monoisotopic (exact) mass is 437 g/mol. The third-order valence-electron chi connectivity index (χ3n) is 6.04. The minimum Gasteiger partial charge on any atom is -0.490 e. The van der Waals surface area contributed by atoms with Crippen LogP contribution < -0.4 is 15.1 Å². The average Bonchev–Trinajstić information content (AvgIpc) is 3.00. The van der Waals surface area contributed by atoms with Crippen LogP contribution in [0.3, 0.4) is 0 Å². The number of fused-ring (bicyclic) bond motifs is 1. The normalized spacial score (nSPS) is 18.7. The number of hydrogen-bond acceptors (Lipinski definition) is 6. The molecule has 0 aliphatic carbocycles. The highest BCUT2D eigenvalue weighted by molar-refractivity contribution is 5.95. The van der Waals surface area contributed by atoms with Gasteiger partial charge in [0.05, 0.1) is 12.2 Å². The smallest absolute Gasteiger partial charge is 0.255 e. The molecule has 1 atom stereocenters. The molecule has 8 nitrogen and oxygen atoms in total. The van der Waals surface area contributed by atoms with E-state index in [0.29, 0.717) is 36.2 Å². The van der Waals surface area contributed by atoms with Crippen molar-refractivity contribution in [2.24, 2.45) is 11.8 Å². The summed E-state index contributed by atoms with van der Waals surface area (Å²) in [5.41, 5.74) is 1.43. The second kappa shape index (κ2) is 9.14. The van der Waals surface area contributed by atoms with Gasteiger partial charge in [0.15, 0.2) is 11.6 Å². The molecule has 2 aromatic heterocycles. The van der Waals surface area contributed by atoms with E-state index in [1.54, 1.807) is 24.5 Å². The molecule has 32 heavy (non-hydrogen) atoms. The fourth-order valence-corrected chi connectivity index (χ4v) is 4.31. The summed E-state index contributed by atoms with van der Waals surface area (Å²) >= 11 is 0. The van der Waals surface area contributed by atoms with Gasteiger partial charge in [-0.15, -0.1) is 0 Å². The molecule has 2 aromatic rings. The summed E-state index contributed by atoms with van der Waals surface area (Å²) in [5.74, 6) is 1.39. The quantitative estimate of drug-likeness (QED) is 0.794. The molecule has 2 aliphatic rings. The largest absolute Gasteiger partial charge is 0.490 e. The van der Waals surface area contributed by atoms with E-state index in [1.165, 1.54) is 4.57 Å². The van der Waals surface area contributed by atoms with Crippen molar-refractivity contribution in [2.45, 2.75) is 40.0 Å². The van der Waals surface area contributed by atoms with E-state index in [4.69, 9.17) is 10.1 Å². The predicted octanol–water partition coefficient (Wildman–Crippen LogP) is 3.45. The van der Waals surface area contributed by atoms with Crippen LogP contribution in [0, 0.1) is 17.2 Å². The van der Waals surface area contributed by atoms with Crippen molar-refractivity contribution in [1.82, 2.24) is 14.5 Å². The van der Waals surface area contributed by atoms with Crippen LogP contribution in [0.15, 0.2) is 30.6 Å². The number of rotatable bonds is 3. The molecule has 4 heterocycles. The van der Waals surface area contributed by atoms with Crippen LogP contribution >= 0.6 is 0 Å². The fourth-order valence-electron chi connectivity index (χ4n) is 4.31. The van der Waals surface area contributed by atoms with Crippen molar-refractivity contribution >= 4 is 23.3 Å². The molecule has 1 fully saturated rings. The molecule has 4 rings (SSSR count). The molecule has 1 saturated heterocycles. The first-order chi connectivity index (χ1) is 15.3. The second-order valence-corrected chi connectivity index (χ2v) is 9.03. The molecule has 1 amide bonds. The maximum atomic E-state index is 13.0. The second-order valence-electron chi connectivity index (χ2n) is 9.03. The first-order valence-corrected chi connectivity index (χ1v) is 11.4. The summed E-state index contributed by atoms with van der Waals surface area (Å²) in [6, 6.07) is 5.28. The number of carbonyl (C=O) groups excluding carboxylic acids is 2. The number of carbonyl (C=O) groups is 2. The number of pyridine rings is 2. The molecule has 0 aromatic carbocycles. The molecule has 0 unspecified atom stereocenters. The number of likely N-dealkylation sites (tertiary alicyclic amines) is 1. The lowest BCUT2D eigenvalue weighted by Gasteiger charge is -2.31. The Morgan fingerprint density at radius 1 is 1.22 bits per heavy atom. The molecule has 0 saturated carbocycles. The number of anilines is 2. The van der Waals surface area contributed by atoms with Gasteiger partial charge in [-0.05, 0) is 37.3 Å². The first kappa shape index (κ1) is 22.0. The average molecular weight is 438 g/mol. The topological polar surface area (TPSA) is 91.5 Å². The minimum atomic E-state index is -0.192. The summed E-state index contributed by atoms with van der Waals surface area (Å²) in [4.78, 5) is 33.8. The van der Waals surface area contributed by atoms with Gasteiger partial charge in [0, 0.05) is 49.7 Å². The zero-order valence-electron chi connectivity index (χ0n) is 19.0. The lowest BCUT2D eigenvalue weighted by atomic mass is 10.00. The molecular formula is C24H31N5O3. The van der Waals surface area contributed by atoms with Crippen molar-refractivity contribution in [3.8, 4) is 5.75 Å². The number of nitrogens with one attached hydrogen (secondary N) is 1. The predicted molar refractivity (Wildman–Crippen MR) is 121 cm³/mol. The van der Waals surface area contributed by atoms with Crippen LogP contribution in [-0.4, -0.2) is 52.5 Å². The molecule has 2 aliphatic heterocycles. The van der Waals surface area contributed by atoms with Crippen LogP contribution in [-0.2, 0) is 0 Å². The van der Waals surface area contributed by atoms with Gasteiger partial charge in [-0.2, -0.15) is 0 Å². The van der Waals surface area contributed by atoms with Crippen LogP contribution in [0.1, 0.15) is 55.2 Å². The van der Waals surface area contributed by atoms with Crippen LogP contribution in [0.25, 0.3) is 0 Å². The Hall–Kier alpha value is -3.16. The van der Waals surface area contributed by atoms with Crippen molar-refractivity contribution in [3.05, 3.63) is 41.6 Å².